The van der Waals surface area contributed by atoms with E-state index in [2.05, 4.69) is 10.1 Å². The van der Waals surface area contributed by atoms with Crippen LogP contribution in [0.2, 0.25) is 0 Å². The second-order valence-electron chi connectivity index (χ2n) is 4.63. The number of hydrogen-bond acceptors (Lipinski definition) is 4. The van der Waals surface area contributed by atoms with Gasteiger partial charge in [-0.15, -0.1) is 0 Å². The molecule has 0 saturated carbocycles. The predicted molar refractivity (Wildman–Crippen MR) is 71.8 cm³/mol. The van der Waals surface area contributed by atoms with Crippen molar-refractivity contribution in [2.45, 2.75) is 25.4 Å². The number of benzene rings is 1. The van der Waals surface area contributed by atoms with Crippen molar-refractivity contribution < 1.29 is 14.3 Å². The Labute approximate surface area is 112 Å². The van der Waals surface area contributed by atoms with Gasteiger partial charge in [-0.2, -0.15) is 0 Å². The van der Waals surface area contributed by atoms with Crippen LogP contribution < -0.4 is 10.2 Å². The molecule has 0 spiro atoms. The number of ether oxygens (including phenoxy) is 1. The lowest BCUT2D eigenvalue weighted by atomic mass is 10.0. The molecule has 1 aromatic rings. The summed E-state index contributed by atoms with van der Waals surface area (Å²) in [6, 6.07) is 9.27. The fraction of sp³-hybridized carbons (Fsp3) is 0.429. The first-order chi connectivity index (χ1) is 9.13. The molecule has 0 bridgehead atoms. The molecule has 2 unspecified atom stereocenters. The van der Waals surface area contributed by atoms with Crippen molar-refractivity contribution in [1.29, 1.82) is 0 Å². The maximum absolute atomic E-state index is 12.0. The number of piperazine rings is 1. The van der Waals surface area contributed by atoms with Crippen molar-refractivity contribution >= 4 is 17.6 Å². The number of amides is 1. The van der Waals surface area contributed by atoms with Gasteiger partial charge >= 0.3 is 5.97 Å². The summed E-state index contributed by atoms with van der Waals surface area (Å²) in [4.78, 5) is 25.5. The number of anilines is 1. The van der Waals surface area contributed by atoms with E-state index >= 15 is 0 Å². The Hall–Kier alpha value is -2.04. The van der Waals surface area contributed by atoms with Crippen LogP contribution in [0.1, 0.15) is 13.3 Å². The normalized spacial score (nSPS) is 22.8. The van der Waals surface area contributed by atoms with Crippen molar-refractivity contribution in [1.82, 2.24) is 5.32 Å². The Morgan fingerprint density at radius 3 is 2.74 bits per heavy atom. The van der Waals surface area contributed by atoms with Crippen LogP contribution in [0.25, 0.3) is 0 Å². The average Bonchev–Trinajstić information content (AvgIpc) is 2.44. The Balaban J connectivity index is 2.28. The molecule has 1 aromatic carbocycles. The lowest BCUT2D eigenvalue weighted by Gasteiger charge is -2.41. The van der Waals surface area contributed by atoms with E-state index in [1.54, 1.807) is 0 Å². The SMILES string of the molecule is COC(=O)CC1C(=O)NCC(C)N1c1ccccc1. The Morgan fingerprint density at radius 1 is 1.42 bits per heavy atom. The molecule has 1 amide bonds. The number of esters is 1. The maximum atomic E-state index is 12.0. The van der Waals surface area contributed by atoms with Crippen LogP contribution >= 0.6 is 0 Å². The molecule has 0 radical (unpaired) electrons. The second kappa shape index (κ2) is 5.73. The van der Waals surface area contributed by atoms with E-state index in [1.165, 1.54) is 7.11 Å². The molecular formula is C14H18N2O3. The summed E-state index contributed by atoms with van der Waals surface area (Å²) in [7, 11) is 1.33. The van der Waals surface area contributed by atoms with E-state index in [4.69, 9.17) is 0 Å². The highest BCUT2D eigenvalue weighted by Crippen LogP contribution is 2.24. The van der Waals surface area contributed by atoms with Gasteiger partial charge in [0, 0.05) is 18.3 Å². The molecule has 5 heteroatoms. The quantitative estimate of drug-likeness (QED) is 0.824. The lowest BCUT2D eigenvalue weighted by Crippen LogP contribution is -2.60. The molecule has 5 nitrogen and oxygen atoms in total. The summed E-state index contributed by atoms with van der Waals surface area (Å²) in [5.41, 5.74) is 0.943. The standard InChI is InChI=1S/C14H18N2O3/c1-10-9-15-14(18)12(8-13(17)19-2)16(10)11-6-4-3-5-7-11/h3-7,10,12H,8-9H2,1-2H3,(H,15,18). The number of para-hydroxylation sites is 1. The summed E-state index contributed by atoms with van der Waals surface area (Å²) in [6.07, 6.45) is 0.0571. The van der Waals surface area contributed by atoms with Crippen LogP contribution in [0.3, 0.4) is 0 Å². The summed E-state index contributed by atoms with van der Waals surface area (Å²) in [5.74, 6) is -0.512. The van der Waals surface area contributed by atoms with Gasteiger partial charge in [0.2, 0.25) is 5.91 Å². The summed E-state index contributed by atoms with van der Waals surface area (Å²) >= 11 is 0. The van der Waals surface area contributed by atoms with E-state index in [0.29, 0.717) is 6.54 Å². The van der Waals surface area contributed by atoms with Gasteiger partial charge in [-0.1, -0.05) is 18.2 Å². The minimum absolute atomic E-state index is 0.0571. The molecule has 0 aliphatic carbocycles. The van der Waals surface area contributed by atoms with Crippen molar-refractivity contribution in [3.05, 3.63) is 30.3 Å². The van der Waals surface area contributed by atoms with E-state index in [-0.39, 0.29) is 24.3 Å². The third-order valence-corrected chi connectivity index (χ3v) is 3.33. The molecule has 1 fully saturated rings. The first kappa shape index (κ1) is 13.4. The van der Waals surface area contributed by atoms with Gasteiger partial charge in [-0.05, 0) is 19.1 Å². The topological polar surface area (TPSA) is 58.6 Å². The van der Waals surface area contributed by atoms with E-state index in [0.717, 1.165) is 5.69 Å². The summed E-state index contributed by atoms with van der Waals surface area (Å²) < 4.78 is 4.68. The molecule has 1 aliphatic rings. The fourth-order valence-electron chi connectivity index (χ4n) is 2.36. The van der Waals surface area contributed by atoms with E-state index < -0.39 is 6.04 Å². The molecule has 102 valence electrons. The van der Waals surface area contributed by atoms with Crippen LogP contribution in [-0.4, -0.2) is 37.6 Å². The fourth-order valence-corrected chi connectivity index (χ4v) is 2.36. The third kappa shape index (κ3) is 2.86. The second-order valence-corrected chi connectivity index (χ2v) is 4.63. The zero-order valence-electron chi connectivity index (χ0n) is 11.1. The Bertz CT molecular complexity index is 461. The van der Waals surface area contributed by atoms with Crippen LogP contribution in [0.15, 0.2) is 30.3 Å². The lowest BCUT2D eigenvalue weighted by molar-refractivity contribution is -0.143. The van der Waals surface area contributed by atoms with Crippen LogP contribution in [-0.2, 0) is 14.3 Å². The number of hydrogen-bond donors (Lipinski definition) is 1. The molecule has 2 atom stereocenters. The van der Waals surface area contributed by atoms with Crippen LogP contribution in [0.5, 0.6) is 0 Å². The van der Waals surface area contributed by atoms with Crippen LogP contribution in [0, 0.1) is 0 Å². The van der Waals surface area contributed by atoms with Crippen molar-refractivity contribution in [3.63, 3.8) is 0 Å². The summed E-state index contributed by atoms with van der Waals surface area (Å²) in [5, 5.41) is 2.82. The number of carbonyl (C=O) groups is 2. The summed E-state index contributed by atoms with van der Waals surface area (Å²) in [6.45, 7) is 2.60. The van der Waals surface area contributed by atoms with Crippen molar-refractivity contribution in [3.8, 4) is 0 Å². The number of rotatable bonds is 3. The van der Waals surface area contributed by atoms with Gasteiger partial charge < -0.3 is 15.0 Å². The van der Waals surface area contributed by atoms with Crippen LogP contribution in [0.4, 0.5) is 5.69 Å². The highest BCUT2D eigenvalue weighted by molar-refractivity contribution is 5.90. The molecule has 1 N–H and O–H groups in total. The number of nitrogens with zero attached hydrogens (tertiary/aromatic N) is 1. The predicted octanol–water partition coefficient (Wildman–Crippen LogP) is 0.943. The highest BCUT2D eigenvalue weighted by atomic mass is 16.5. The highest BCUT2D eigenvalue weighted by Gasteiger charge is 2.35. The molecule has 1 saturated heterocycles. The van der Waals surface area contributed by atoms with Gasteiger partial charge in [0.25, 0.3) is 0 Å². The number of carbonyl (C=O) groups excluding carboxylic acids is 2. The molecule has 0 aromatic heterocycles. The maximum Gasteiger partial charge on any atom is 0.308 e. The molecule has 19 heavy (non-hydrogen) atoms. The Kier molecular flexibility index (Phi) is 4.04. The van der Waals surface area contributed by atoms with E-state index in [1.807, 2.05) is 42.2 Å². The minimum Gasteiger partial charge on any atom is -0.469 e. The van der Waals surface area contributed by atoms with Gasteiger partial charge in [-0.3, -0.25) is 9.59 Å². The Morgan fingerprint density at radius 2 is 2.11 bits per heavy atom. The number of methoxy groups -OCH3 is 1. The van der Waals surface area contributed by atoms with Gasteiger partial charge in [0.1, 0.15) is 6.04 Å². The number of nitrogens with one attached hydrogen (secondary N) is 1. The smallest absolute Gasteiger partial charge is 0.308 e. The molecule has 1 aliphatic heterocycles. The van der Waals surface area contributed by atoms with Gasteiger partial charge in [-0.25, -0.2) is 0 Å². The first-order valence-electron chi connectivity index (χ1n) is 6.31. The van der Waals surface area contributed by atoms with Gasteiger partial charge in [0.05, 0.1) is 13.5 Å². The van der Waals surface area contributed by atoms with Crippen molar-refractivity contribution in [2.75, 3.05) is 18.6 Å². The first-order valence-corrected chi connectivity index (χ1v) is 6.31. The molecular weight excluding hydrogens is 244 g/mol. The van der Waals surface area contributed by atoms with Crippen molar-refractivity contribution in [2.24, 2.45) is 0 Å². The molecule has 2 rings (SSSR count). The van der Waals surface area contributed by atoms with E-state index in [9.17, 15) is 9.59 Å². The monoisotopic (exact) mass is 262 g/mol. The third-order valence-electron chi connectivity index (χ3n) is 3.33. The largest absolute Gasteiger partial charge is 0.469 e. The zero-order valence-corrected chi connectivity index (χ0v) is 11.1. The average molecular weight is 262 g/mol. The zero-order chi connectivity index (χ0) is 13.8. The molecule has 1 heterocycles. The van der Waals surface area contributed by atoms with Gasteiger partial charge in [0.15, 0.2) is 0 Å². The minimum atomic E-state index is -0.515.